The van der Waals surface area contributed by atoms with E-state index in [0.717, 1.165) is 48.4 Å². The minimum Gasteiger partial charge on any atom is -0.389 e. The summed E-state index contributed by atoms with van der Waals surface area (Å²) in [7, 11) is 0. The van der Waals surface area contributed by atoms with Crippen LogP contribution in [0, 0.1) is 0 Å². The number of nitrogen functional groups attached to an aromatic ring is 1. The van der Waals surface area contributed by atoms with Gasteiger partial charge in [-0.2, -0.15) is 0 Å². The van der Waals surface area contributed by atoms with E-state index >= 15 is 0 Å². The fraction of sp³-hybridized carbons (Fsp3) is 0.320. The lowest BCUT2D eigenvalue weighted by Gasteiger charge is -2.29. The lowest BCUT2D eigenvalue weighted by molar-refractivity contribution is 0.00682. The average molecular weight is 478 g/mol. The van der Waals surface area contributed by atoms with E-state index in [4.69, 9.17) is 28.4 Å². The number of rotatable bonds is 6. The Morgan fingerprint density at radius 2 is 2.09 bits per heavy atom. The second kappa shape index (κ2) is 9.21. The lowest BCUT2D eigenvalue weighted by atomic mass is 10.0. The monoisotopic (exact) mass is 477 g/mol. The Labute approximate surface area is 202 Å². The van der Waals surface area contributed by atoms with E-state index in [-0.39, 0.29) is 6.10 Å². The van der Waals surface area contributed by atoms with Crippen LogP contribution in [0.15, 0.2) is 48.7 Å². The van der Waals surface area contributed by atoms with E-state index in [1.807, 2.05) is 12.1 Å². The number of benzene rings is 2. The first-order valence-corrected chi connectivity index (χ1v) is 12.4. The van der Waals surface area contributed by atoms with Crippen molar-refractivity contribution < 1.29 is 4.74 Å². The molecule has 2 atom stereocenters. The van der Waals surface area contributed by atoms with Crippen LogP contribution in [0.5, 0.6) is 0 Å². The van der Waals surface area contributed by atoms with E-state index in [0.29, 0.717) is 16.2 Å². The Morgan fingerprint density at radius 3 is 2.85 bits per heavy atom. The Morgan fingerprint density at radius 1 is 1.21 bits per heavy atom. The Bertz CT molecular complexity index is 1310. The molecule has 1 saturated heterocycles. The summed E-state index contributed by atoms with van der Waals surface area (Å²) in [5.41, 5.74) is 17.4. The second-order valence-corrected chi connectivity index (χ2v) is 10.2. The maximum atomic E-state index is 5.91. The molecule has 33 heavy (non-hydrogen) atoms. The van der Waals surface area contributed by atoms with Crippen molar-refractivity contribution in [1.29, 1.82) is 0 Å². The summed E-state index contributed by atoms with van der Waals surface area (Å²) in [5.74, 6) is 0. The molecular weight excluding hydrogens is 450 g/mol. The zero-order valence-electron chi connectivity index (χ0n) is 18.5. The Balaban J connectivity index is 1.56. The van der Waals surface area contributed by atoms with Crippen LogP contribution in [0.25, 0.3) is 22.0 Å². The minimum absolute atomic E-state index is 0.258. The fourth-order valence-corrected chi connectivity index (χ4v) is 5.41. The molecule has 4 N–H and O–H groups in total. The second-order valence-electron chi connectivity index (χ2n) is 8.64. The predicted octanol–water partition coefficient (Wildman–Crippen LogP) is 4.90. The molecule has 6 nitrogen and oxygen atoms in total. The van der Waals surface area contributed by atoms with Gasteiger partial charge in [0.25, 0.3) is 0 Å². The van der Waals surface area contributed by atoms with Crippen LogP contribution in [0.4, 0.5) is 5.13 Å². The van der Waals surface area contributed by atoms with Crippen LogP contribution in [-0.4, -0.2) is 32.5 Å². The van der Waals surface area contributed by atoms with Gasteiger partial charge in [-0.15, -0.1) is 10.2 Å². The third-order valence-electron chi connectivity index (χ3n) is 6.32. The van der Waals surface area contributed by atoms with E-state index in [2.05, 4.69) is 58.2 Å². The molecule has 1 aliphatic heterocycles. The summed E-state index contributed by atoms with van der Waals surface area (Å²) < 4.78 is 8.27. The first-order chi connectivity index (χ1) is 16.0. The fourth-order valence-electron chi connectivity index (χ4n) is 4.67. The molecule has 0 aliphatic carbocycles. The van der Waals surface area contributed by atoms with Crippen LogP contribution in [0.2, 0.25) is 0 Å². The number of aryl methyl sites for hydroxylation is 2. The van der Waals surface area contributed by atoms with Gasteiger partial charge in [0.1, 0.15) is 10.00 Å². The van der Waals surface area contributed by atoms with Gasteiger partial charge in [-0.3, -0.25) is 0 Å². The molecule has 8 heteroatoms. The van der Waals surface area contributed by atoms with Crippen molar-refractivity contribution in [3.8, 4) is 11.1 Å². The van der Waals surface area contributed by atoms with Crippen LogP contribution in [-0.2, 0) is 17.6 Å². The molecule has 0 bridgehead atoms. The highest BCUT2D eigenvalue weighted by Gasteiger charge is 2.23. The molecule has 2 aromatic heterocycles. The van der Waals surface area contributed by atoms with Crippen molar-refractivity contribution in [2.75, 3.05) is 12.3 Å². The summed E-state index contributed by atoms with van der Waals surface area (Å²) in [4.78, 5) is 0.415. The molecule has 0 radical (unpaired) electrons. The number of nitrogens with two attached hydrogens (primary N) is 2. The van der Waals surface area contributed by atoms with Gasteiger partial charge in [0.2, 0.25) is 5.13 Å². The number of fused-ring (bicyclic) bond motifs is 1. The number of hydrogen-bond acceptors (Lipinski definition) is 6. The summed E-state index contributed by atoms with van der Waals surface area (Å²) >= 11 is 6.68. The van der Waals surface area contributed by atoms with E-state index in [9.17, 15) is 0 Å². The molecular formula is C25H27N5OS2. The largest absolute Gasteiger partial charge is 0.389 e. The van der Waals surface area contributed by atoms with Gasteiger partial charge in [0.05, 0.1) is 6.10 Å². The molecule has 5 rings (SSSR count). The van der Waals surface area contributed by atoms with Crippen LogP contribution in [0.1, 0.15) is 41.9 Å². The third kappa shape index (κ3) is 4.64. The van der Waals surface area contributed by atoms with Crippen molar-refractivity contribution in [1.82, 2.24) is 14.8 Å². The third-order valence-corrected chi connectivity index (χ3v) is 7.37. The number of thiocarbonyl (C=S) groups is 1. The number of aromatic nitrogens is 3. The molecule has 0 saturated carbocycles. The Kier molecular flexibility index (Phi) is 6.14. The van der Waals surface area contributed by atoms with E-state index < -0.39 is 0 Å². The molecule has 1 fully saturated rings. The quantitative estimate of drug-likeness (QED) is 0.384. The molecule has 2 aromatic carbocycles. The number of nitrogens with zero attached hydrogens (tertiary/aromatic N) is 3. The SMILES string of the molecule is CC1CC(n2cc(-c3cccc(C(N)=S)c3)c3ccc(CCc4nnc(N)s4)cc32)CCO1. The van der Waals surface area contributed by atoms with Crippen LogP contribution >= 0.6 is 23.6 Å². The Hall–Kier alpha value is -2.81. The normalized spacial score (nSPS) is 18.6. The van der Waals surface area contributed by atoms with Crippen molar-refractivity contribution in [3.05, 3.63) is 64.8 Å². The standard InChI is InChI=1S/C25H27N5OS2/c1-15-11-19(9-10-31-15)30-14-21(17-3-2-4-18(13-17)24(26)32)20-7-5-16(12-22(20)30)6-8-23-28-29-25(27)33-23/h2-5,7,12-15,19H,6,8-11H2,1H3,(H2,26,32)(H2,27,29). The van der Waals surface area contributed by atoms with E-state index in [1.165, 1.54) is 33.4 Å². The van der Waals surface area contributed by atoms with Gasteiger partial charge >= 0.3 is 0 Å². The zero-order valence-corrected chi connectivity index (χ0v) is 20.2. The van der Waals surface area contributed by atoms with Crippen LogP contribution < -0.4 is 11.5 Å². The number of hydrogen-bond donors (Lipinski definition) is 2. The van der Waals surface area contributed by atoms with Crippen LogP contribution in [0.3, 0.4) is 0 Å². The van der Waals surface area contributed by atoms with E-state index in [1.54, 1.807) is 0 Å². The van der Waals surface area contributed by atoms with Crippen molar-refractivity contribution in [3.63, 3.8) is 0 Å². The smallest absolute Gasteiger partial charge is 0.203 e. The highest BCUT2D eigenvalue weighted by atomic mass is 32.1. The molecule has 4 aromatic rings. The summed E-state index contributed by atoms with van der Waals surface area (Å²) in [5, 5.41) is 10.8. The van der Waals surface area contributed by atoms with Gasteiger partial charge in [0.15, 0.2) is 0 Å². The highest BCUT2D eigenvalue weighted by molar-refractivity contribution is 7.80. The van der Waals surface area contributed by atoms with Crippen molar-refractivity contribution in [2.45, 2.75) is 44.8 Å². The van der Waals surface area contributed by atoms with Gasteiger partial charge in [-0.1, -0.05) is 53.9 Å². The topological polar surface area (TPSA) is 92.0 Å². The molecule has 1 aliphatic rings. The van der Waals surface area contributed by atoms with Gasteiger partial charge in [-0.05, 0) is 49.4 Å². The van der Waals surface area contributed by atoms with Crippen molar-refractivity contribution >= 4 is 44.6 Å². The number of ether oxygens (including phenoxy) is 1. The zero-order chi connectivity index (χ0) is 22.9. The average Bonchev–Trinajstić information content (AvgIpc) is 3.41. The summed E-state index contributed by atoms with van der Waals surface area (Å²) in [6.45, 7) is 2.94. The number of anilines is 1. The maximum Gasteiger partial charge on any atom is 0.203 e. The van der Waals surface area contributed by atoms with Crippen molar-refractivity contribution in [2.24, 2.45) is 5.73 Å². The minimum atomic E-state index is 0.258. The van der Waals surface area contributed by atoms with Gasteiger partial charge in [0, 0.05) is 47.3 Å². The summed E-state index contributed by atoms with van der Waals surface area (Å²) in [6.07, 6.45) is 6.29. The first-order valence-electron chi connectivity index (χ1n) is 11.2. The molecule has 0 amide bonds. The first kappa shape index (κ1) is 22.0. The molecule has 2 unspecified atom stereocenters. The molecule has 0 spiro atoms. The maximum absolute atomic E-state index is 5.91. The summed E-state index contributed by atoms with van der Waals surface area (Å²) in [6, 6.07) is 15.4. The molecule has 170 valence electrons. The lowest BCUT2D eigenvalue weighted by Crippen LogP contribution is -2.25. The molecule has 3 heterocycles. The highest BCUT2D eigenvalue weighted by Crippen LogP contribution is 2.37. The van der Waals surface area contributed by atoms with Gasteiger partial charge < -0.3 is 20.8 Å². The van der Waals surface area contributed by atoms with Gasteiger partial charge in [-0.25, -0.2) is 0 Å². The predicted molar refractivity (Wildman–Crippen MR) is 139 cm³/mol.